The van der Waals surface area contributed by atoms with Crippen molar-refractivity contribution in [1.29, 1.82) is 0 Å². The third kappa shape index (κ3) is 2.77. The van der Waals surface area contributed by atoms with Crippen LogP contribution in [0.1, 0.15) is 28.2 Å². The van der Waals surface area contributed by atoms with Gasteiger partial charge in [-0.3, -0.25) is 4.90 Å². The van der Waals surface area contributed by atoms with Crippen LogP contribution in [0.5, 0.6) is 0 Å². The van der Waals surface area contributed by atoms with Crippen LogP contribution in [0.25, 0.3) is 0 Å². The van der Waals surface area contributed by atoms with E-state index in [1.165, 1.54) is 6.07 Å². The van der Waals surface area contributed by atoms with E-state index >= 15 is 0 Å². The van der Waals surface area contributed by atoms with Crippen molar-refractivity contribution in [3.05, 3.63) is 29.1 Å². The minimum absolute atomic E-state index is 0.00423. The van der Waals surface area contributed by atoms with E-state index in [1.54, 1.807) is 13.0 Å². The third-order valence-electron chi connectivity index (χ3n) is 4.25. The zero-order valence-corrected chi connectivity index (χ0v) is 11.9. The van der Waals surface area contributed by atoms with Crippen LogP contribution in [-0.2, 0) is 0 Å². The summed E-state index contributed by atoms with van der Waals surface area (Å²) < 4.78 is 12.4. The van der Waals surface area contributed by atoms with Gasteiger partial charge in [-0.1, -0.05) is 11.8 Å². The molecule has 4 nitrogen and oxygen atoms in total. The molecule has 1 aliphatic heterocycles. The first-order valence-electron chi connectivity index (χ1n) is 7.06. The van der Waals surface area contributed by atoms with Gasteiger partial charge in [0.2, 0.25) is 0 Å². The summed E-state index contributed by atoms with van der Waals surface area (Å²) in [6.45, 7) is 3.67. The van der Waals surface area contributed by atoms with Crippen molar-refractivity contribution in [3.8, 4) is 11.8 Å². The molecule has 3 rings (SSSR count). The summed E-state index contributed by atoms with van der Waals surface area (Å²) in [6.07, 6.45) is 1.07. The SMILES string of the molecule is Cc1cc(C#C[C@]23C[C@H]2CN(CCF)C3)cc(C(=O)O)n1. The number of aromatic nitrogens is 1. The van der Waals surface area contributed by atoms with Crippen molar-refractivity contribution in [1.82, 2.24) is 9.88 Å². The molecule has 110 valence electrons. The summed E-state index contributed by atoms with van der Waals surface area (Å²) in [5.74, 6) is 5.89. The Labute approximate surface area is 123 Å². The van der Waals surface area contributed by atoms with Crippen LogP contribution in [0, 0.1) is 30.1 Å². The Morgan fingerprint density at radius 3 is 3.14 bits per heavy atom. The van der Waals surface area contributed by atoms with Gasteiger partial charge >= 0.3 is 5.97 Å². The number of likely N-dealkylation sites (tertiary alicyclic amines) is 1. The number of hydrogen-bond acceptors (Lipinski definition) is 3. The molecule has 21 heavy (non-hydrogen) atoms. The molecule has 0 spiro atoms. The van der Waals surface area contributed by atoms with E-state index in [9.17, 15) is 9.18 Å². The van der Waals surface area contributed by atoms with Gasteiger partial charge in [0.25, 0.3) is 0 Å². The van der Waals surface area contributed by atoms with E-state index in [2.05, 4.69) is 21.7 Å². The van der Waals surface area contributed by atoms with Crippen LogP contribution in [0.3, 0.4) is 0 Å². The van der Waals surface area contributed by atoms with Gasteiger partial charge in [-0.25, -0.2) is 14.2 Å². The molecule has 0 radical (unpaired) electrons. The molecule has 2 heterocycles. The minimum Gasteiger partial charge on any atom is -0.477 e. The summed E-state index contributed by atoms with van der Waals surface area (Å²) in [6, 6.07) is 3.30. The second-order valence-corrected chi connectivity index (χ2v) is 5.92. The van der Waals surface area contributed by atoms with E-state index in [1.807, 2.05) is 0 Å². The van der Waals surface area contributed by atoms with Gasteiger partial charge in [0.15, 0.2) is 0 Å². The molecule has 2 fully saturated rings. The lowest BCUT2D eigenvalue weighted by atomic mass is 10.1. The molecular weight excluding hydrogens is 271 g/mol. The number of carbonyl (C=O) groups is 1. The Balaban J connectivity index is 1.78. The number of nitrogens with zero attached hydrogens (tertiary/aromatic N) is 2. The van der Waals surface area contributed by atoms with Crippen molar-refractivity contribution in [3.63, 3.8) is 0 Å². The number of halogens is 1. The second kappa shape index (κ2) is 5.12. The highest BCUT2D eigenvalue weighted by atomic mass is 19.1. The Hall–Kier alpha value is -1.93. The predicted molar refractivity (Wildman–Crippen MR) is 75.8 cm³/mol. The number of alkyl halides is 1. The first-order chi connectivity index (χ1) is 10.0. The monoisotopic (exact) mass is 288 g/mol. The number of hydrogen-bond donors (Lipinski definition) is 1. The average Bonchev–Trinajstić information content (AvgIpc) is 2.98. The molecule has 2 aliphatic rings. The molecule has 0 amide bonds. The molecule has 1 N–H and O–H groups in total. The lowest BCUT2D eigenvalue weighted by molar-refractivity contribution is 0.0690. The quantitative estimate of drug-likeness (QED) is 0.861. The summed E-state index contributed by atoms with van der Waals surface area (Å²) in [5.41, 5.74) is 1.35. The van der Waals surface area contributed by atoms with E-state index < -0.39 is 5.97 Å². The number of fused-ring (bicyclic) bond motifs is 1. The molecule has 1 aromatic rings. The summed E-state index contributed by atoms with van der Waals surface area (Å²) >= 11 is 0. The van der Waals surface area contributed by atoms with Crippen LogP contribution in [0.15, 0.2) is 12.1 Å². The highest BCUT2D eigenvalue weighted by Gasteiger charge is 2.58. The molecule has 0 bridgehead atoms. The average molecular weight is 288 g/mol. The number of aryl methyl sites for hydroxylation is 1. The summed E-state index contributed by atoms with van der Waals surface area (Å²) in [7, 11) is 0. The summed E-state index contributed by atoms with van der Waals surface area (Å²) in [5, 5.41) is 9.01. The van der Waals surface area contributed by atoms with Gasteiger partial charge in [0.05, 0.1) is 0 Å². The molecule has 1 aliphatic carbocycles. The van der Waals surface area contributed by atoms with Gasteiger partial charge in [-0.15, -0.1) is 0 Å². The highest BCUT2D eigenvalue weighted by molar-refractivity contribution is 5.85. The van der Waals surface area contributed by atoms with Crippen molar-refractivity contribution in [2.75, 3.05) is 26.3 Å². The Morgan fingerprint density at radius 2 is 2.43 bits per heavy atom. The van der Waals surface area contributed by atoms with E-state index in [0.29, 0.717) is 23.7 Å². The predicted octanol–water partition coefficient (Wildman–Crippen LogP) is 1.73. The lowest BCUT2D eigenvalue weighted by Gasteiger charge is -2.16. The van der Waals surface area contributed by atoms with Gasteiger partial charge in [-0.05, 0) is 31.4 Å². The van der Waals surface area contributed by atoms with Crippen LogP contribution in [0.2, 0.25) is 0 Å². The molecule has 0 aromatic carbocycles. The standard InChI is InChI=1S/C16H17FN2O2/c1-11-6-12(7-14(18-11)15(20)21)2-3-16-8-13(16)9-19(10-16)5-4-17/h6-7,13H,4-5,8-10H2,1H3,(H,20,21)/t13-,16+/m0/s1. The molecule has 5 heteroatoms. The van der Waals surface area contributed by atoms with E-state index in [0.717, 1.165) is 19.5 Å². The normalized spacial score (nSPS) is 26.9. The first kappa shape index (κ1) is 14.0. The molecule has 0 unspecified atom stereocenters. The Bertz CT molecular complexity index is 649. The fourth-order valence-electron chi connectivity index (χ4n) is 3.12. The lowest BCUT2D eigenvalue weighted by Crippen LogP contribution is -2.26. The zero-order valence-electron chi connectivity index (χ0n) is 11.9. The maximum Gasteiger partial charge on any atom is 0.354 e. The van der Waals surface area contributed by atoms with Gasteiger partial charge in [0.1, 0.15) is 12.4 Å². The topological polar surface area (TPSA) is 53.4 Å². The number of pyridine rings is 1. The van der Waals surface area contributed by atoms with Crippen molar-refractivity contribution >= 4 is 5.97 Å². The molecule has 1 saturated carbocycles. The van der Waals surface area contributed by atoms with E-state index in [-0.39, 0.29) is 17.8 Å². The first-order valence-corrected chi connectivity index (χ1v) is 7.06. The van der Waals surface area contributed by atoms with Crippen LogP contribution in [0.4, 0.5) is 4.39 Å². The van der Waals surface area contributed by atoms with Crippen LogP contribution in [-0.4, -0.2) is 47.3 Å². The Morgan fingerprint density at radius 1 is 1.62 bits per heavy atom. The van der Waals surface area contributed by atoms with E-state index in [4.69, 9.17) is 5.11 Å². The number of carboxylic acid groups (broad SMARTS) is 1. The fraction of sp³-hybridized carbons (Fsp3) is 0.500. The van der Waals surface area contributed by atoms with Crippen molar-refractivity contribution < 1.29 is 14.3 Å². The smallest absolute Gasteiger partial charge is 0.354 e. The number of aromatic carboxylic acids is 1. The maximum atomic E-state index is 12.4. The highest BCUT2D eigenvalue weighted by Crippen LogP contribution is 2.57. The number of piperidine rings is 1. The van der Waals surface area contributed by atoms with Crippen LogP contribution >= 0.6 is 0 Å². The van der Waals surface area contributed by atoms with Crippen LogP contribution < -0.4 is 0 Å². The van der Waals surface area contributed by atoms with Gasteiger partial charge < -0.3 is 5.11 Å². The zero-order chi connectivity index (χ0) is 15.0. The number of rotatable bonds is 3. The van der Waals surface area contributed by atoms with Crippen molar-refractivity contribution in [2.24, 2.45) is 11.3 Å². The Kier molecular flexibility index (Phi) is 3.42. The second-order valence-electron chi connectivity index (χ2n) is 5.92. The van der Waals surface area contributed by atoms with Crippen molar-refractivity contribution in [2.45, 2.75) is 13.3 Å². The molecule has 1 aromatic heterocycles. The maximum absolute atomic E-state index is 12.4. The third-order valence-corrected chi connectivity index (χ3v) is 4.25. The largest absolute Gasteiger partial charge is 0.477 e. The molecule has 2 atom stereocenters. The molecule has 1 saturated heterocycles. The van der Waals surface area contributed by atoms with Gasteiger partial charge in [-0.2, -0.15) is 0 Å². The summed E-state index contributed by atoms with van der Waals surface area (Å²) in [4.78, 5) is 17.1. The number of carboxylic acids is 1. The minimum atomic E-state index is -1.04. The molecular formula is C16H17FN2O2. The fourth-order valence-corrected chi connectivity index (χ4v) is 3.12. The van der Waals surface area contributed by atoms with Gasteiger partial charge in [0, 0.05) is 36.3 Å².